The summed E-state index contributed by atoms with van der Waals surface area (Å²) in [5.41, 5.74) is 0. The zero-order valence-electron chi connectivity index (χ0n) is 15.2. The first kappa shape index (κ1) is 19.6. The van der Waals surface area contributed by atoms with Gasteiger partial charge < -0.3 is 24.6 Å². The van der Waals surface area contributed by atoms with Crippen molar-refractivity contribution in [2.24, 2.45) is 0 Å². The van der Waals surface area contributed by atoms with Gasteiger partial charge in [-0.3, -0.25) is 14.4 Å². The first-order valence-corrected chi connectivity index (χ1v) is 8.57. The van der Waals surface area contributed by atoms with Crippen molar-refractivity contribution in [3.05, 3.63) is 24.3 Å². The maximum absolute atomic E-state index is 12.1. The van der Waals surface area contributed by atoms with E-state index in [0.29, 0.717) is 37.7 Å². The maximum Gasteiger partial charge on any atom is 0.257 e. The van der Waals surface area contributed by atoms with Crippen molar-refractivity contribution in [1.29, 1.82) is 0 Å². The van der Waals surface area contributed by atoms with Crippen molar-refractivity contribution < 1.29 is 23.9 Å². The lowest BCUT2D eigenvalue weighted by Crippen LogP contribution is -2.50. The van der Waals surface area contributed by atoms with Crippen molar-refractivity contribution in [3.8, 4) is 11.5 Å². The average molecular weight is 363 g/mol. The summed E-state index contributed by atoms with van der Waals surface area (Å²) in [5, 5.41) is 2.67. The first-order valence-electron chi connectivity index (χ1n) is 8.57. The number of benzene rings is 1. The molecule has 142 valence electrons. The predicted octanol–water partition coefficient (Wildman–Crippen LogP) is 0.271. The van der Waals surface area contributed by atoms with E-state index >= 15 is 0 Å². The molecule has 1 aromatic carbocycles. The molecule has 8 heteroatoms. The molecule has 0 atom stereocenters. The summed E-state index contributed by atoms with van der Waals surface area (Å²) in [6.45, 7) is 3.80. The Morgan fingerprint density at radius 2 is 1.65 bits per heavy atom. The molecule has 3 amide bonds. The van der Waals surface area contributed by atoms with Crippen LogP contribution < -0.4 is 14.8 Å². The second-order valence-corrected chi connectivity index (χ2v) is 5.93. The van der Waals surface area contributed by atoms with Gasteiger partial charge in [-0.1, -0.05) is 12.1 Å². The molecule has 1 saturated heterocycles. The van der Waals surface area contributed by atoms with Crippen LogP contribution in [0.4, 0.5) is 0 Å². The van der Waals surface area contributed by atoms with Gasteiger partial charge in [0.15, 0.2) is 18.1 Å². The molecule has 1 fully saturated rings. The number of hydrogen-bond acceptors (Lipinski definition) is 5. The number of carbonyl (C=O) groups is 3. The van der Waals surface area contributed by atoms with Gasteiger partial charge in [-0.2, -0.15) is 0 Å². The molecular formula is C18H25N3O5. The van der Waals surface area contributed by atoms with Crippen LogP contribution in [0.5, 0.6) is 11.5 Å². The van der Waals surface area contributed by atoms with E-state index in [9.17, 15) is 14.4 Å². The SMILES string of the molecule is COc1ccccc1OCC(=O)NCCC(=O)N1CCN(C(C)=O)CC1. The van der Waals surface area contributed by atoms with Crippen LogP contribution in [0.2, 0.25) is 0 Å². The summed E-state index contributed by atoms with van der Waals surface area (Å²) < 4.78 is 10.6. The fraction of sp³-hybridized carbons (Fsp3) is 0.500. The Kier molecular flexibility index (Phi) is 7.25. The number of nitrogens with one attached hydrogen (secondary N) is 1. The first-order chi connectivity index (χ1) is 12.5. The number of carbonyl (C=O) groups excluding carboxylic acids is 3. The highest BCUT2D eigenvalue weighted by molar-refractivity contribution is 5.80. The summed E-state index contributed by atoms with van der Waals surface area (Å²) >= 11 is 0. The van der Waals surface area contributed by atoms with E-state index in [0.717, 1.165) is 0 Å². The van der Waals surface area contributed by atoms with Crippen molar-refractivity contribution >= 4 is 17.7 Å². The summed E-state index contributed by atoms with van der Waals surface area (Å²) in [4.78, 5) is 38.7. The van der Waals surface area contributed by atoms with E-state index in [2.05, 4.69) is 5.32 Å². The lowest BCUT2D eigenvalue weighted by atomic mass is 10.2. The Labute approximate surface area is 153 Å². The third-order valence-electron chi connectivity index (χ3n) is 4.17. The second-order valence-electron chi connectivity index (χ2n) is 5.93. The summed E-state index contributed by atoms with van der Waals surface area (Å²) in [5.74, 6) is 0.744. The minimum atomic E-state index is -0.301. The number of rotatable bonds is 7. The van der Waals surface area contributed by atoms with Crippen LogP contribution in [0, 0.1) is 0 Å². The summed E-state index contributed by atoms with van der Waals surface area (Å²) in [6, 6.07) is 7.07. The van der Waals surface area contributed by atoms with E-state index in [1.54, 1.807) is 28.0 Å². The third kappa shape index (κ3) is 5.65. The highest BCUT2D eigenvalue weighted by Gasteiger charge is 2.22. The number of amides is 3. The van der Waals surface area contributed by atoms with Gasteiger partial charge in [-0.15, -0.1) is 0 Å². The van der Waals surface area contributed by atoms with Crippen LogP contribution in [-0.2, 0) is 14.4 Å². The van der Waals surface area contributed by atoms with Gasteiger partial charge >= 0.3 is 0 Å². The topological polar surface area (TPSA) is 88.2 Å². The lowest BCUT2D eigenvalue weighted by Gasteiger charge is -2.34. The molecule has 0 aromatic heterocycles. The summed E-state index contributed by atoms with van der Waals surface area (Å²) in [6.07, 6.45) is 0.223. The van der Waals surface area contributed by atoms with E-state index in [4.69, 9.17) is 9.47 Å². The van der Waals surface area contributed by atoms with Gasteiger partial charge in [0, 0.05) is 46.1 Å². The lowest BCUT2D eigenvalue weighted by molar-refractivity contribution is -0.138. The Hall–Kier alpha value is -2.77. The fourth-order valence-electron chi connectivity index (χ4n) is 2.67. The van der Waals surface area contributed by atoms with Crippen molar-refractivity contribution in [3.63, 3.8) is 0 Å². The van der Waals surface area contributed by atoms with E-state index in [1.807, 2.05) is 6.07 Å². The van der Waals surface area contributed by atoms with E-state index < -0.39 is 0 Å². The van der Waals surface area contributed by atoms with Gasteiger partial charge in [0.05, 0.1) is 7.11 Å². The molecule has 0 radical (unpaired) electrons. The zero-order chi connectivity index (χ0) is 18.9. The number of piperazine rings is 1. The van der Waals surface area contributed by atoms with Crippen LogP contribution >= 0.6 is 0 Å². The fourth-order valence-corrected chi connectivity index (χ4v) is 2.67. The Morgan fingerprint density at radius 3 is 2.27 bits per heavy atom. The van der Waals surface area contributed by atoms with Crippen molar-refractivity contribution in [1.82, 2.24) is 15.1 Å². The molecule has 8 nitrogen and oxygen atoms in total. The van der Waals surface area contributed by atoms with Crippen LogP contribution in [0.25, 0.3) is 0 Å². The smallest absolute Gasteiger partial charge is 0.257 e. The van der Waals surface area contributed by atoms with Gasteiger partial charge in [0.25, 0.3) is 5.91 Å². The predicted molar refractivity (Wildman–Crippen MR) is 94.9 cm³/mol. The molecule has 1 heterocycles. The van der Waals surface area contributed by atoms with E-state index in [1.165, 1.54) is 14.0 Å². The van der Waals surface area contributed by atoms with Crippen LogP contribution in [-0.4, -0.2) is 74.0 Å². The monoisotopic (exact) mass is 363 g/mol. The number of hydrogen-bond donors (Lipinski definition) is 1. The van der Waals surface area contributed by atoms with Crippen molar-refractivity contribution in [2.45, 2.75) is 13.3 Å². The van der Waals surface area contributed by atoms with Crippen LogP contribution in [0.1, 0.15) is 13.3 Å². The highest BCUT2D eigenvalue weighted by Crippen LogP contribution is 2.25. The molecule has 0 spiro atoms. The van der Waals surface area contributed by atoms with Gasteiger partial charge in [-0.25, -0.2) is 0 Å². The largest absolute Gasteiger partial charge is 0.493 e. The van der Waals surface area contributed by atoms with Gasteiger partial charge in [0.1, 0.15) is 0 Å². The number of methoxy groups -OCH3 is 1. The van der Waals surface area contributed by atoms with E-state index in [-0.39, 0.29) is 37.3 Å². The normalized spacial score (nSPS) is 13.9. The summed E-state index contributed by atoms with van der Waals surface area (Å²) in [7, 11) is 1.53. The Balaban J connectivity index is 1.65. The Bertz CT molecular complexity index is 641. The maximum atomic E-state index is 12.1. The third-order valence-corrected chi connectivity index (χ3v) is 4.17. The minimum absolute atomic E-state index is 0.0272. The minimum Gasteiger partial charge on any atom is -0.493 e. The molecule has 1 aliphatic heterocycles. The molecule has 2 rings (SSSR count). The molecular weight excluding hydrogens is 338 g/mol. The molecule has 0 bridgehead atoms. The highest BCUT2D eigenvalue weighted by atomic mass is 16.5. The van der Waals surface area contributed by atoms with Crippen LogP contribution in [0.15, 0.2) is 24.3 Å². The molecule has 1 aliphatic rings. The molecule has 0 unspecified atom stereocenters. The molecule has 1 aromatic rings. The van der Waals surface area contributed by atoms with Gasteiger partial charge in [0.2, 0.25) is 11.8 Å². The number of para-hydroxylation sites is 2. The van der Waals surface area contributed by atoms with Gasteiger partial charge in [-0.05, 0) is 12.1 Å². The quantitative estimate of drug-likeness (QED) is 0.751. The molecule has 0 aliphatic carbocycles. The standard InChI is InChI=1S/C18H25N3O5/c1-14(22)20-9-11-21(12-10-20)18(24)7-8-19-17(23)13-26-16-6-4-3-5-15(16)25-2/h3-6H,7-13H2,1-2H3,(H,19,23). The second kappa shape index (κ2) is 9.65. The number of ether oxygens (including phenoxy) is 2. The average Bonchev–Trinajstić information content (AvgIpc) is 2.66. The number of nitrogens with zero attached hydrogens (tertiary/aromatic N) is 2. The molecule has 1 N–H and O–H groups in total. The zero-order valence-corrected chi connectivity index (χ0v) is 15.2. The molecule has 0 saturated carbocycles. The van der Waals surface area contributed by atoms with Crippen LogP contribution in [0.3, 0.4) is 0 Å². The molecule has 26 heavy (non-hydrogen) atoms. The Morgan fingerprint density at radius 1 is 1.04 bits per heavy atom. The van der Waals surface area contributed by atoms with Crippen molar-refractivity contribution in [2.75, 3.05) is 46.4 Å².